The van der Waals surface area contributed by atoms with E-state index < -0.39 is 5.97 Å². The van der Waals surface area contributed by atoms with Crippen molar-refractivity contribution in [2.75, 3.05) is 33.4 Å². The predicted octanol–water partition coefficient (Wildman–Crippen LogP) is 1.09. The molecule has 1 aromatic carbocycles. The smallest absolute Gasteiger partial charge is 0.317 e. The molecule has 5 nitrogen and oxygen atoms in total. The Hall–Kier alpha value is -2.19. The zero-order chi connectivity index (χ0) is 14.1. The minimum atomic E-state index is -0.903. The standard InChI is InChI=1S/C14H17NO4/c1-3-8-15(11-14(16)17)9-10-19-13-6-4-12(18-2)5-7-13/h1,4-7H,8-11H2,2H3,(H,16,17). The van der Waals surface area contributed by atoms with Gasteiger partial charge in [-0.3, -0.25) is 9.69 Å². The summed E-state index contributed by atoms with van der Waals surface area (Å²) in [6, 6.07) is 7.18. The van der Waals surface area contributed by atoms with E-state index in [0.717, 1.165) is 5.75 Å². The maximum atomic E-state index is 10.6. The summed E-state index contributed by atoms with van der Waals surface area (Å²) in [5.41, 5.74) is 0. The molecule has 0 aliphatic heterocycles. The van der Waals surface area contributed by atoms with Crippen molar-refractivity contribution in [1.29, 1.82) is 0 Å². The van der Waals surface area contributed by atoms with E-state index in [1.54, 1.807) is 36.3 Å². The fraction of sp³-hybridized carbons (Fsp3) is 0.357. The van der Waals surface area contributed by atoms with Crippen molar-refractivity contribution in [3.05, 3.63) is 24.3 Å². The second kappa shape index (κ2) is 8.01. The summed E-state index contributed by atoms with van der Waals surface area (Å²) in [6.45, 7) is 1.04. The monoisotopic (exact) mass is 263 g/mol. The average Bonchev–Trinajstić information content (AvgIpc) is 2.39. The number of carbonyl (C=O) groups is 1. The summed E-state index contributed by atoms with van der Waals surface area (Å²) < 4.78 is 10.5. The molecule has 1 N–H and O–H groups in total. The van der Waals surface area contributed by atoms with Crippen LogP contribution in [0.15, 0.2) is 24.3 Å². The van der Waals surface area contributed by atoms with Crippen molar-refractivity contribution < 1.29 is 19.4 Å². The molecule has 19 heavy (non-hydrogen) atoms. The molecule has 5 heteroatoms. The van der Waals surface area contributed by atoms with Crippen LogP contribution in [0.5, 0.6) is 11.5 Å². The number of terminal acetylenes is 1. The lowest BCUT2D eigenvalue weighted by molar-refractivity contribution is -0.138. The Bertz CT molecular complexity index is 436. The third-order valence-corrected chi connectivity index (χ3v) is 2.41. The molecule has 0 amide bonds. The molecule has 1 rings (SSSR count). The maximum absolute atomic E-state index is 10.6. The number of rotatable bonds is 8. The van der Waals surface area contributed by atoms with E-state index in [4.69, 9.17) is 21.0 Å². The summed E-state index contributed by atoms with van der Waals surface area (Å²) in [7, 11) is 1.60. The van der Waals surface area contributed by atoms with Crippen molar-refractivity contribution in [1.82, 2.24) is 4.90 Å². The van der Waals surface area contributed by atoms with Crippen molar-refractivity contribution in [3.63, 3.8) is 0 Å². The first-order chi connectivity index (χ1) is 9.15. The third kappa shape index (κ3) is 5.80. The van der Waals surface area contributed by atoms with Crippen LogP contribution in [0.25, 0.3) is 0 Å². The van der Waals surface area contributed by atoms with Crippen LogP contribution in [-0.4, -0.2) is 49.3 Å². The lowest BCUT2D eigenvalue weighted by atomic mass is 10.3. The van der Waals surface area contributed by atoms with E-state index >= 15 is 0 Å². The van der Waals surface area contributed by atoms with Gasteiger partial charge in [0, 0.05) is 6.54 Å². The summed E-state index contributed by atoms with van der Waals surface area (Å²) >= 11 is 0. The van der Waals surface area contributed by atoms with Crippen LogP contribution in [0.2, 0.25) is 0 Å². The molecule has 0 aromatic heterocycles. The normalized spacial score (nSPS) is 9.95. The zero-order valence-electron chi connectivity index (χ0n) is 10.8. The molecule has 0 saturated carbocycles. The van der Waals surface area contributed by atoms with E-state index in [1.807, 2.05) is 0 Å². The van der Waals surface area contributed by atoms with Crippen LogP contribution in [0.1, 0.15) is 0 Å². The molecule has 0 fully saturated rings. The highest BCUT2D eigenvalue weighted by molar-refractivity contribution is 5.69. The van der Waals surface area contributed by atoms with E-state index in [-0.39, 0.29) is 13.1 Å². The Morgan fingerprint density at radius 1 is 1.37 bits per heavy atom. The van der Waals surface area contributed by atoms with Gasteiger partial charge in [0.25, 0.3) is 0 Å². The second-order valence-electron chi connectivity index (χ2n) is 3.83. The number of carboxylic acids is 1. The number of carboxylic acid groups (broad SMARTS) is 1. The van der Waals surface area contributed by atoms with E-state index in [9.17, 15) is 4.79 Å². The Kier molecular flexibility index (Phi) is 6.27. The van der Waals surface area contributed by atoms with Gasteiger partial charge in [0.2, 0.25) is 0 Å². The first-order valence-electron chi connectivity index (χ1n) is 5.80. The quantitative estimate of drug-likeness (QED) is 0.712. The van der Waals surface area contributed by atoms with Gasteiger partial charge in [-0.1, -0.05) is 5.92 Å². The molecule has 0 unspecified atom stereocenters. The van der Waals surface area contributed by atoms with E-state index in [0.29, 0.717) is 18.9 Å². The molecule has 0 bridgehead atoms. The molecule has 102 valence electrons. The number of benzene rings is 1. The third-order valence-electron chi connectivity index (χ3n) is 2.41. The van der Waals surface area contributed by atoms with Gasteiger partial charge in [-0.2, -0.15) is 0 Å². The van der Waals surface area contributed by atoms with Crippen molar-refractivity contribution in [2.24, 2.45) is 0 Å². The molecule has 0 atom stereocenters. The molecular formula is C14H17NO4. The molecule has 0 saturated heterocycles. The van der Waals surface area contributed by atoms with Crippen LogP contribution < -0.4 is 9.47 Å². The number of hydrogen-bond donors (Lipinski definition) is 1. The number of nitrogens with zero attached hydrogens (tertiary/aromatic N) is 1. The molecule has 0 radical (unpaired) electrons. The van der Waals surface area contributed by atoms with Crippen LogP contribution in [0.3, 0.4) is 0 Å². The number of aliphatic carboxylic acids is 1. The maximum Gasteiger partial charge on any atom is 0.317 e. The molecule has 0 aliphatic rings. The molecule has 0 spiro atoms. The van der Waals surface area contributed by atoms with Crippen LogP contribution in [-0.2, 0) is 4.79 Å². The summed E-state index contributed by atoms with van der Waals surface area (Å²) in [6.07, 6.45) is 5.18. The highest BCUT2D eigenvalue weighted by Gasteiger charge is 2.08. The summed E-state index contributed by atoms with van der Waals surface area (Å²) in [5, 5.41) is 8.72. The van der Waals surface area contributed by atoms with Gasteiger partial charge in [-0.05, 0) is 24.3 Å². The van der Waals surface area contributed by atoms with Crippen molar-refractivity contribution in [2.45, 2.75) is 0 Å². The topological polar surface area (TPSA) is 59.0 Å². The van der Waals surface area contributed by atoms with Gasteiger partial charge in [0.05, 0.1) is 20.2 Å². The fourth-order valence-electron chi connectivity index (χ4n) is 1.50. The summed E-state index contributed by atoms with van der Waals surface area (Å²) in [4.78, 5) is 12.3. The van der Waals surface area contributed by atoms with Crippen molar-refractivity contribution >= 4 is 5.97 Å². The van der Waals surface area contributed by atoms with Gasteiger partial charge >= 0.3 is 5.97 Å². The Labute approximate surface area is 112 Å². The number of ether oxygens (including phenoxy) is 2. The molecule has 0 aliphatic carbocycles. The van der Waals surface area contributed by atoms with Gasteiger partial charge < -0.3 is 14.6 Å². The van der Waals surface area contributed by atoms with E-state index in [1.165, 1.54) is 0 Å². The molecular weight excluding hydrogens is 246 g/mol. The minimum Gasteiger partial charge on any atom is -0.497 e. The Morgan fingerprint density at radius 2 is 2.00 bits per heavy atom. The number of hydrogen-bond acceptors (Lipinski definition) is 4. The van der Waals surface area contributed by atoms with E-state index in [2.05, 4.69) is 5.92 Å². The SMILES string of the molecule is C#CCN(CCOc1ccc(OC)cc1)CC(=O)O. The van der Waals surface area contributed by atoms with Gasteiger partial charge in [0.1, 0.15) is 18.1 Å². The van der Waals surface area contributed by atoms with Gasteiger partial charge in [-0.25, -0.2) is 0 Å². The van der Waals surface area contributed by atoms with Crippen LogP contribution in [0.4, 0.5) is 0 Å². The van der Waals surface area contributed by atoms with Gasteiger partial charge in [-0.15, -0.1) is 6.42 Å². The molecule has 0 heterocycles. The highest BCUT2D eigenvalue weighted by atomic mass is 16.5. The second-order valence-corrected chi connectivity index (χ2v) is 3.83. The lowest BCUT2D eigenvalue weighted by Gasteiger charge is -2.17. The summed E-state index contributed by atoms with van der Waals surface area (Å²) in [5.74, 6) is 2.99. The Balaban J connectivity index is 2.38. The van der Waals surface area contributed by atoms with Crippen molar-refractivity contribution in [3.8, 4) is 23.8 Å². The Morgan fingerprint density at radius 3 is 2.53 bits per heavy atom. The first kappa shape index (κ1) is 14.9. The van der Waals surface area contributed by atoms with Crippen LogP contribution in [0, 0.1) is 12.3 Å². The predicted molar refractivity (Wildman–Crippen MR) is 71.4 cm³/mol. The van der Waals surface area contributed by atoms with Crippen LogP contribution >= 0.6 is 0 Å². The lowest BCUT2D eigenvalue weighted by Crippen LogP contribution is -2.33. The average molecular weight is 263 g/mol. The number of methoxy groups -OCH3 is 1. The first-order valence-corrected chi connectivity index (χ1v) is 5.80. The fourth-order valence-corrected chi connectivity index (χ4v) is 1.50. The molecule has 1 aromatic rings. The highest BCUT2D eigenvalue weighted by Crippen LogP contribution is 2.16. The zero-order valence-corrected chi connectivity index (χ0v) is 10.8. The van der Waals surface area contributed by atoms with Gasteiger partial charge in [0.15, 0.2) is 0 Å². The minimum absolute atomic E-state index is 0.0871. The largest absolute Gasteiger partial charge is 0.497 e.